The van der Waals surface area contributed by atoms with Gasteiger partial charge in [0.1, 0.15) is 11.6 Å². The molecule has 0 fully saturated rings. The first-order chi connectivity index (χ1) is 12.9. The van der Waals surface area contributed by atoms with E-state index in [1.807, 2.05) is 0 Å². The molecule has 3 rings (SSSR count). The SMILES string of the molecule is COc1ccc(-n2c(CC(=O)CNN)nc3c(Br)cc(Br)cc3c2=O)cc1. The third kappa shape index (κ3) is 4.11. The van der Waals surface area contributed by atoms with Gasteiger partial charge in [0.05, 0.1) is 36.7 Å². The molecule has 0 spiro atoms. The highest BCUT2D eigenvalue weighted by Crippen LogP contribution is 2.26. The maximum absolute atomic E-state index is 13.2. The number of hydrogen-bond donors (Lipinski definition) is 2. The Balaban J connectivity index is 2.28. The molecule has 0 aliphatic carbocycles. The molecule has 0 radical (unpaired) electrons. The summed E-state index contributed by atoms with van der Waals surface area (Å²) in [5.74, 6) is 6.05. The zero-order valence-corrected chi connectivity index (χ0v) is 17.5. The summed E-state index contributed by atoms with van der Waals surface area (Å²) in [5, 5.41) is 0.431. The molecule has 0 aliphatic rings. The number of hydrogen-bond acceptors (Lipinski definition) is 6. The van der Waals surface area contributed by atoms with Crippen LogP contribution in [0.1, 0.15) is 5.82 Å². The van der Waals surface area contributed by atoms with Crippen molar-refractivity contribution < 1.29 is 9.53 Å². The number of nitrogens with zero attached hydrogens (tertiary/aromatic N) is 2. The van der Waals surface area contributed by atoms with E-state index in [9.17, 15) is 9.59 Å². The van der Waals surface area contributed by atoms with Gasteiger partial charge in [0.15, 0.2) is 5.78 Å². The average Bonchev–Trinajstić information content (AvgIpc) is 2.63. The number of halogens is 2. The van der Waals surface area contributed by atoms with Crippen LogP contribution in [-0.2, 0) is 11.2 Å². The van der Waals surface area contributed by atoms with Crippen LogP contribution in [0.5, 0.6) is 5.75 Å². The molecular formula is C18H16Br2N4O3. The number of carbonyl (C=O) groups excluding carboxylic acids is 1. The first kappa shape index (κ1) is 19.7. The Morgan fingerprint density at radius 2 is 1.96 bits per heavy atom. The Labute approximate surface area is 171 Å². The van der Waals surface area contributed by atoms with Crippen molar-refractivity contribution in [1.82, 2.24) is 15.0 Å². The van der Waals surface area contributed by atoms with Gasteiger partial charge >= 0.3 is 0 Å². The van der Waals surface area contributed by atoms with Crippen LogP contribution in [0.3, 0.4) is 0 Å². The molecule has 140 valence electrons. The number of methoxy groups -OCH3 is 1. The van der Waals surface area contributed by atoms with Crippen molar-refractivity contribution >= 4 is 48.5 Å². The lowest BCUT2D eigenvalue weighted by Gasteiger charge is -2.14. The van der Waals surface area contributed by atoms with E-state index in [1.165, 1.54) is 4.57 Å². The number of fused-ring (bicyclic) bond motifs is 1. The number of hydrazine groups is 1. The van der Waals surface area contributed by atoms with Gasteiger partial charge in [-0.25, -0.2) is 4.98 Å². The molecule has 0 saturated carbocycles. The molecule has 1 heterocycles. The fraction of sp³-hybridized carbons (Fsp3) is 0.167. The number of ketones is 1. The smallest absolute Gasteiger partial charge is 0.266 e. The normalized spacial score (nSPS) is 11.0. The first-order valence-electron chi connectivity index (χ1n) is 7.95. The molecule has 0 atom stereocenters. The standard InChI is InChI=1S/C18H16Br2N4O3/c1-27-13-4-2-11(3-5-13)24-16(8-12(25)9-22-21)23-17-14(18(24)26)6-10(19)7-15(17)20/h2-7,22H,8-9,21H2,1H3. The van der Waals surface area contributed by atoms with E-state index in [1.54, 1.807) is 43.5 Å². The summed E-state index contributed by atoms with van der Waals surface area (Å²) in [6.07, 6.45) is -0.0378. The Bertz CT molecular complexity index is 1060. The monoisotopic (exact) mass is 494 g/mol. The summed E-state index contributed by atoms with van der Waals surface area (Å²) >= 11 is 6.84. The predicted molar refractivity (Wildman–Crippen MR) is 110 cm³/mol. The van der Waals surface area contributed by atoms with Crippen molar-refractivity contribution in [2.24, 2.45) is 5.84 Å². The summed E-state index contributed by atoms with van der Waals surface area (Å²) in [7, 11) is 1.57. The lowest BCUT2D eigenvalue weighted by molar-refractivity contribution is -0.117. The van der Waals surface area contributed by atoms with E-state index in [0.717, 1.165) is 4.47 Å². The number of Topliss-reactive ketones (excluding diaryl/α,β-unsaturated/α-hetero) is 1. The summed E-state index contributed by atoms with van der Waals surface area (Å²) in [4.78, 5) is 30.0. The lowest BCUT2D eigenvalue weighted by Crippen LogP contribution is -2.32. The maximum Gasteiger partial charge on any atom is 0.266 e. The first-order valence-corrected chi connectivity index (χ1v) is 9.53. The van der Waals surface area contributed by atoms with Gasteiger partial charge in [0.25, 0.3) is 5.56 Å². The topological polar surface area (TPSA) is 99.2 Å². The van der Waals surface area contributed by atoms with E-state index in [0.29, 0.717) is 32.6 Å². The zero-order chi connectivity index (χ0) is 19.6. The van der Waals surface area contributed by atoms with E-state index in [-0.39, 0.29) is 24.3 Å². The van der Waals surface area contributed by atoms with Crippen LogP contribution < -0.4 is 21.6 Å². The van der Waals surface area contributed by atoms with Crippen LogP contribution >= 0.6 is 31.9 Å². The number of nitrogens with two attached hydrogens (primary N) is 1. The highest BCUT2D eigenvalue weighted by molar-refractivity contribution is 9.11. The third-order valence-electron chi connectivity index (χ3n) is 3.95. The molecule has 0 amide bonds. The summed E-state index contributed by atoms with van der Waals surface area (Å²) in [5.41, 5.74) is 3.16. The highest BCUT2D eigenvalue weighted by atomic mass is 79.9. The second-order valence-corrected chi connectivity index (χ2v) is 7.52. The molecular weight excluding hydrogens is 480 g/mol. The molecule has 3 N–H and O–H groups in total. The summed E-state index contributed by atoms with van der Waals surface area (Å²) in [6, 6.07) is 10.5. The largest absolute Gasteiger partial charge is 0.497 e. The van der Waals surface area contributed by atoms with Crippen LogP contribution in [0.15, 0.2) is 50.1 Å². The molecule has 0 bridgehead atoms. The van der Waals surface area contributed by atoms with Gasteiger partial charge in [0.2, 0.25) is 0 Å². The van der Waals surface area contributed by atoms with Crippen LogP contribution in [0.2, 0.25) is 0 Å². The van der Waals surface area contributed by atoms with Gasteiger partial charge in [-0.3, -0.25) is 25.4 Å². The van der Waals surface area contributed by atoms with Crippen LogP contribution in [0, 0.1) is 0 Å². The molecule has 3 aromatic rings. The van der Waals surface area contributed by atoms with Gasteiger partial charge in [-0.2, -0.15) is 0 Å². The van der Waals surface area contributed by atoms with E-state index < -0.39 is 0 Å². The van der Waals surface area contributed by atoms with Crippen molar-refractivity contribution in [2.75, 3.05) is 13.7 Å². The second-order valence-electron chi connectivity index (χ2n) is 5.75. The minimum atomic E-state index is -0.268. The highest BCUT2D eigenvalue weighted by Gasteiger charge is 2.17. The number of ether oxygens (including phenoxy) is 1. The number of aromatic nitrogens is 2. The molecule has 0 unspecified atom stereocenters. The van der Waals surface area contributed by atoms with Crippen molar-refractivity contribution in [3.05, 3.63) is 61.5 Å². The quantitative estimate of drug-likeness (QED) is 0.402. The average molecular weight is 496 g/mol. The van der Waals surface area contributed by atoms with Gasteiger partial charge < -0.3 is 4.74 Å². The molecule has 1 aromatic heterocycles. The van der Waals surface area contributed by atoms with Crippen molar-refractivity contribution in [3.63, 3.8) is 0 Å². The van der Waals surface area contributed by atoms with Crippen molar-refractivity contribution in [2.45, 2.75) is 6.42 Å². The maximum atomic E-state index is 13.2. The Hall–Kier alpha value is -2.07. The van der Waals surface area contributed by atoms with Gasteiger partial charge in [0, 0.05) is 8.95 Å². The molecule has 0 saturated heterocycles. The molecule has 0 aliphatic heterocycles. The molecule has 27 heavy (non-hydrogen) atoms. The Morgan fingerprint density at radius 1 is 1.26 bits per heavy atom. The van der Waals surface area contributed by atoms with Crippen molar-refractivity contribution in [3.8, 4) is 11.4 Å². The number of benzene rings is 2. The van der Waals surface area contributed by atoms with Crippen molar-refractivity contribution in [1.29, 1.82) is 0 Å². The van der Waals surface area contributed by atoms with E-state index in [4.69, 9.17) is 10.6 Å². The lowest BCUT2D eigenvalue weighted by atomic mass is 10.2. The number of rotatable bonds is 6. The fourth-order valence-corrected chi connectivity index (χ4v) is 4.04. The number of carbonyl (C=O) groups is 1. The van der Waals surface area contributed by atoms with Gasteiger partial charge in [-0.05, 0) is 52.3 Å². The summed E-state index contributed by atoms with van der Waals surface area (Å²) in [6.45, 7) is -0.0158. The summed E-state index contributed by atoms with van der Waals surface area (Å²) < 4.78 is 8.02. The minimum Gasteiger partial charge on any atom is -0.497 e. The van der Waals surface area contributed by atoms with Crippen LogP contribution in [-0.4, -0.2) is 29.0 Å². The second kappa shape index (κ2) is 8.30. The number of nitrogens with one attached hydrogen (secondary N) is 1. The van der Waals surface area contributed by atoms with Gasteiger partial charge in [-0.1, -0.05) is 15.9 Å². The minimum absolute atomic E-state index is 0.0158. The van der Waals surface area contributed by atoms with E-state index >= 15 is 0 Å². The van der Waals surface area contributed by atoms with Gasteiger partial charge in [-0.15, -0.1) is 0 Å². The Kier molecular flexibility index (Phi) is 6.05. The van der Waals surface area contributed by atoms with Crippen LogP contribution in [0.25, 0.3) is 16.6 Å². The zero-order valence-electron chi connectivity index (χ0n) is 14.3. The third-order valence-corrected chi connectivity index (χ3v) is 5.01. The molecule has 2 aromatic carbocycles. The Morgan fingerprint density at radius 3 is 2.59 bits per heavy atom. The van der Waals surface area contributed by atoms with Crippen LogP contribution in [0.4, 0.5) is 0 Å². The van der Waals surface area contributed by atoms with E-state index in [2.05, 4.69) is 42.3 Å². The fourth-order valence-electron chi connectivity index (χ4n) is 2.73. The molecule has 7 nitrogen and oxygen atoms in total. The molecule has 9 heteroatoms. The predicted octanol–water partition coefficient (Wildman–Crippen LogP) is 2.49.